The van der Waals surface area contributed by atoms with E-state index in [1.165, 1.54) is 0 Å². The highest BCUT2D eigenvalue weighted by molar-refractivity contribution is 8.15. The number of hydrogen-bond acceptors (Lipinski definition) is 5. The monoisotopic (exact) mass is 245 g/mol. The lowest BCUT2D eigenvalue weighted by atomic mass is 10.6. The predicted molar refractivity (Wildman–Crippen MR) is 45.6 cm³/mol. The van der Waals surface area contributed by atoms with E-state index >= 15 is 0 Å². The van der Waals surface area contributed by atoms with Gasteiger partial charge in [0.05, 0.1) is 0 Å². The number of nitrogens with zero attached hydrogens (tertiary/aromatic N) is 1. The second kappa shape index (κ2) is 3.29. The minimum absolute atomic E-state index is 0.0312. The first-order chi connectivity index (χ1) is 5.45. The third-order valence-corrected chi connectivity index (χ3v) is 4.20. The molecule has 0 saturated heterocycles. The number of halogens is 2. The molecule has 1 aromatic rings. The van der Waals surface area contributed by atoms with Crippen LogP contribution in [0.4, 0.5) is 0 Å². The molecule has 0 bridgehead atoms. The second-order valence-electron chi connectivity index (χ2n) is 1.70. The summed E-state index contributed by atoms with van der Waals surface area (Å²) in [6, 6.07) is 0. The lowest BCUT2D eigenvalue weighted by Crippen LogP contribution is -1.92. The molecule has 0 fully saturated rings. The maximum atomic E-state index is 10.7. The second-order valence-corrected chi connectivity index (χ2v) is 6.04. The molecule has 0 aliphatic heterocycles. The molecule has 1 aromatic heterocycles. The summed E-state index contributed by atoms with van der Waals surface area (Å²) in [5, 5.41) is 0. The Balaban J connectivity index is 3.42. The number of aldehydes is 1. The van der Waals surface area contributed by atoms with E-state index in [4.69, 9.17) is 22.3 Å². The van der Waals surface area contributed by atoms with Gasteiger partial charge in [-0.1, -0.05) is 22.9 Å². The van der Waals surface area contributed by atoms with Crippen LogP contribution in [0.5, 0.6) is 0 Å². The zero-order valence-corrected chi connectivity index (χ0v) is 8.47. The average Bonchev–Trinajstić information content (AvgIpc) is 2.29. The smallest absolute Gasteiger partial charge is 0.273 e. The number of carbonyl (C=O) groups excluding carboxylic acids is 1. The topological polar surface area (TPSA) is 64.1 Å². The summed E-state index contributed by atoms with van der Waals surface area (Å²) in [5.41, 5.74) is -0.250. The molecule has 1 rings (SSSR count). The van der Waals surface area contributed by atoms with Crippen LogP contribution in [0.1, 0.15) is 10.5 Å². The van der Waals surface area contributed by atoms with Crippen LogP contribution in [-0.4, -0.2) is 19.7 Å². The van der Waals surface area contributed by atoms with Crippen molar-refractivity contribution < 1.29 is 13.2 Å². The van der Waals surface area contributed by atoms with Gasteiger partial charge in [0.25, 0.3) is 9.05 Å². The standard InChI is InChI=1S/C4HCl2NO3S2/c5-4-7-2(1-8)3(11-4)12(6,9)10/h1H. The van der Waals surface area contributed by atoms with Gasteiger partial charge in [0.15, 0.2) is 15.0 Å². The quantitative estimate of drug-likeness (QED) is 0.586. The van der Waals surface area contributed by atoms with Gasteiger partial charge in [-0.3, -0.25) is 4.79 Å². The molecule has 0 unspecified atom stereocenters. The summed E-state index contributed by atoms with van der Waals surface area (Å²) >= 11 is 6.02. The zero-order chi connectivity index (χ0) is 9.35. The number of rotatable bonds is 2. The molecule has 0 radical (unpaired) electrons. The molecule has 4 nitrogen and oxygen atoms in total. The Morgan fingerprint density at radius 2 is 2.08 bits per heavy atom. The molecule has 66 valence electrons. The molecule has 8 heteroatoms. The maximum Gasteiger partial charge on any atom is 0.273 e. The molecule has 1 heterocycles. The molecular weight excluding hydrogens is 245 g/mol. The first-order valence-corrected chi connectivity index (χ1v) is 6.01. The van der Waals surface area contributed by atoms with Crippen LogP contribution in [0, 0.1) is 0 Å². The Bertz CT molecular complexity index is 410. The van der Waals surface area contributed by atoms with Gasteiger partial charge in [-0.2, -0.15) is 0 Å². The SMILES string of the molecule is O=Cc1nc(Cl)sc1S(=O)(=O)Cl. The minimum atomic E-state index is -3.91. The Kier molecular flexibility index (Phi) is 2.72. The average molecular weight is 246 g/mol. The Morgan fingerprint density at radius 3 is 2.42 bits per heavy atom. The molecule has 0 amide bonds. The van der Waals surface area contributed by atoms with Crippen molar-refractivity contribution in [2.75, 3.05) is 0 Å². The van der Waals surface area contributed by atoms with Crippen molar-refractivity contribution in [1.29, 1.82) is 0 Å². The Labute approximate surface area is 81.6 Å². The molecule has 0 atom stereocenters. The maximum absolute atomic E-state index is 10.7. The number of hydrogen-bond donors (Lipinski definition) is 0. The van der Waals surface area contributed by atoms with Gasteiger partial charge in [-0.25, -0.2) is 13.4 Å². The summed E-state index contributed by atoms with van der Waals surface area (Å²) in [6.45, 7) is 0. The predicted octanol–water partition coefficient (Wildman–Crippen LogP) is 1.54. The third-order valence-electron chi connectivity index (χ3n) is 0.927. The molecule has 12 heavy (non-hydrogen) atoms. The fraction of sp³-hybridized carbons (Fsp3) is 0. The molecule has 0 aliphatic carbocycles. The summed E-state index contributed by atoms with van der Waals surface area (Å²) in [4.78, 5) is 13.7. The first-order valence-electron chi connectivity index (χ1n) is 2.51. The van der Waals surface area contributed by atoms with Crippen LogP contribution < -0.4 is 0 Å². The van der Waals surface area contributed by atoms with E-state index in [-0.39, 0.29) is 20.7 Å². The van der Waals surface area contributed by atoms with Crippen molar-refractivity contribution >= 4 is 49.0 Å². The number of thiazole rings is 1. The molecule has 0 saturated carbocycles. The minimum Gasteiger partial charge on any atom is -0.296 e. The van der Waals surface area contributed by atoms with Crippen LogP contribution in [0.2, 0.25) is 4.47 Å². The number of carbonyl (C=O) groups is 1. The third kappa shape index (κ3) is 1.95. The van der Waals surface area contributed by atoms with Gasteiger partial charge in [0, 0.05) is 10.7 Å². The van der Waals surface area contributed by atoms with Crippen molar-refractivity contribution in [1.82, 2.24) is 4.98 Å². The molecule has 0 aliphatic rings. The molecule has 0 spiro atoms. The highest BCUT2D eigenvalue weighted by Crippen LogP contribution is 2.28. The van der Waals surface area contributed by atoms with Gasteiger partial charge in [0.2, 0.25) is 0 Å². The van der Waals surface area contributed by atoms with Crippen molar-refractivity contribution in [2.24, 2.45) is 0 Å². The Morgan fingerprint density at radius 1 is 1.50 bits per heavy atom. The van der Waals surface area contributed by atoms with Crippen LogP contribution in [0.3, 0.4) is 0 Å². The molecule has 0 aromatic carbocycles. The van der Waals surface area contributed by atoms with Gasteiger partial charge < -0.3 is 0 Å². The highest BCUT2D eigenvalue weighted by atomic mass is 35.7. The normalized spacial score (nSPS) is 11.5. The summed E-state index contributed by atoms with van der Waals surface area (Å²) in [7, 11) is 1.07. The van der Waals surface area contributed by atoms with E-state index < -0.39 is 9.05 Å². The summed E-state index contributed by atoms with van der Waals surface area (Å²) in [6.07, 6.45) is 0.289. The Hall–Kier alpha value is -0.170. The van der Waals surface area contributed by atoms with E-state index in [9.17, 15) is 13.2 Å². The molecular formula is C4HCl2NO3S2. The van der Waals surface area contributed by atoms with E-state index in [0.717, 1.165) is 0 Å². The van der Waals surface area contributed by atoms with Crippen LogP contribution in [-0.2, 0) is 9.05 Å². The van der Waals surface area contributed by atoms with Crippen LogP contribution >= 0.6 is 33.6 Å². The van der Waals surface area contributed by atoms with Gasteiger partial charge in [-0.05, 0) is 0 Å². The van der Waals surface area contributed by atoms with Gasteiger partial charge >= 0.3 is 0 Å². The highest BCUT2D eigenvalue weighted by Gasteiger charge is 2.20. The summed E-state index contributed by atoms with van der Waals surface area (Å²) in [5.74, 6) is 0. The summed E-state index contributed by atoms with van der Waals surface area (Å²) < 4.78 is 21.1. The lowest BCUT2D eigenvalue weighted by molar-refractivity contribution is 0.111. The van der Waals surface area contributed by atoms with Gasteiger partial charge in [0.1, 0.15) is 5.69 Å². The van der Waals surface area contributed by atoms with Crippen molar-refractivity contribution in [3.8, 4) is 0 Å². The zero-order valence-electron chi connectivity index (χ0n) is 5.32. The first kappa shape index (κ1) is 9.91. The van der Waals surface area contributed by atoms with Gasteiger partial charge in [-0.15, -0.1) is 0 Å². The van der Waals surface area contributed by atoms with Crippen LogP contribution in [0.25, 0.3) is 0 Å². The van der Waals surface area contributed by atoms with E-state index in [0.29, 0.717) is 11.3 Å². The van der Waals surface area contributed by atoms with Crippen molar-refractivity contribution in [3.63, 3.8) is 0 Å². The van der Waals surface area contributed by atoms with E-state index in [1.807, 2.05) is 0 Å². The van der Waals surface area contributed by atoms with Crippen molar-refractivity contribution in [3.05, 3.63) is 10.2 Å². The lowest BCUT2D eigenvalue weighted by Gasteiger charge is -1.86. The fourth-order valence-corrected chi connectivity index (χ4v) is 3.00. The fourth-order valence-electron chi connectivity index (χ4n) is 0.541. The van der Waals surface area contributed by atoms with E-state index in [2.05, 4.69) is 4.98 Å². The number of aromatic nitrogens is 1. The van der Waals surface area contributed by atoms with Crippen LogP contribution in [0.15, 0.2) is 4.21 Å². The van der Waals surface area contributed by atoms with Crippen molar-refractivity contribution in [2.45, 2.75) is 4.21 Å². The van der Waals surface area contributed by atoms with E-state index in [1.54, 1.807) is 0 Å². The largest absolute Gasteiger partial charge is 0.296 e. The molecule has 0 N–H and O–H groups in total.